The lowest BCUT2D eigenvalue weighted by molar-refractivity contribution is -0.115. The van der Waals surface area contributed by atoms with Crippen molar-refractivity contribution in [1.82, 2.24) is 0 Å². The molecule has 1 N–H and O–H groups in total. The van der Waals surface area contributed by atoms with E-state index in [1.54, 1.807) is 12.1 Å². The lowest BCUT2D eigenvalue weighted by atomic mass is 10.0. The highest BCUT2D eigenvalue weighted by atomic mass is 79.9. The molecule has 0 spiro atoms. The SMILES string of the molecule is Cc1ccc(NC(=O)CN2CCCc3cc(F)ccc32)c(Br)c1. The van der Waals surface area contributed by atoms with E-state index in [0.29, 0.717) is 0 Å². The van der Waals surface area contributed by atoms with Gasteiger partial charge in [-0.2, -0.15) is 0 Å². The van der Waals surface area contributed by atoms with Crippen molar-refractivity contribution in [2.24, 2.45) is 0 Å². The van der Waals surface area contributed by atoms with Gasteiger partial charge in [0.25, 0.3) is 0 Å². The molecular weight excluding hydrogens is 359 g/mol. The summed E-state index contributed by atoms with van der Waals surface area (Å²) in [6.07, 6.45) is 1.78. The van der Waals surface area contributed by atoms with Crippen LogP contribution in [0.1, 0.15) is 17.5 Å². The van der Waals surface area contributed by atoms with Crippen molar-refractivity contribution in [2.75, 3.05) is 23.3 Å². The minimum Gasteiger partial charge on any atom is -0.362 e. The molecule has 1 aliphatic heterocycles. The molecule has 2 aromatic rings. The molecule has 0 unspecified atom stereocenters. The minimum atomic E-state index is -0.223. The Morgan fingerprint density at radius 3 is 2.91 bits per heavy atom. The molecule has 0 atom stereocenters. The van der Waals surface area contributed by atoms with Crippen LogP contribution in [0.15, 0.2) is 40.9 Å². The van der Waals surface area contributed by atoms with Crippen LogP contribution < -0.4 is 10.2 Å². The average molecular weight is 377 g/mol. The number of aryl methyl sites for hydroxylation is 2. The van der Waals surface area contributed by atoms with E-state index in [4.69, 9.17) is 0 Å². The first-order chi connectivity index (χ1) is 11.0. The fraction of sp³-hybridized carbons (Fsp3) is 0.278. The number of anilines is 2. The van der Waals surface area contributed by atoms with E-state index < -0.39 is 0 Å². The zero-order valence-electron chi connectivity index (χ0n) is 12.9. The van der Waals surface area contributed by atoms with Crippen LogP contribution in [-0.2, 0) is 11.2 Å². The van der Waals surface area contributed by atoms with Crippen LogP contribution in [0.4, 0.5) is 15.8 Å². The number of hydrogen-bond donors (Lipinski definition) is 1. The third-order valence-corrected chi connectivity index (χ3v) is 4.65. The van der Waals surface area contributed by atoms with E-state index in [0.717, 1.165) is 46.4 Å². The van der Waals surface area contributed by atoms with E-state index in [-0.39, 0.29) is 18.3 Å². The largest absolute Gasteiger partial charge is 0.362 e. The van der Waals surface area contributed by atoms with Crippen LogP contribution in [0.5, 0.6) is 0 Å². The molecule has 0 saturated carbocycles. The van der Waals surface area contributed by atoms with E-state index in [2.05, 4.69) is 21.2 Å². The fourth-order valence-corrected chi connectivity index (χ4v) is 3.48. The molecule has 2 aromatic carbocycles. The quantitative estimate of drug-likeness (QED) is 0.866. The van der Waals surface area contributed by atoms with Gasteiger partial charge < -0.3 is 10.2 Å². The number of carbonyl (C=O) groups excluding carboxylic acids is 1. The first-order valence-electron chi connectivity index (χ1n) is 7.62. The predicted molar refractivity (Wildman–Crippen MR) is 94.4 cm³/mol. The molecule has 0 bridgehead atoms. The third kappa shape index (κ3) is 3.72. The van der Waals surface area contributed by atoms with Gasteiger partial charge >= 0.3 is 0 Å². The molecule has 120 valence electrons. The summed E-state index contributed by atoms with van der Waals surface area (Å²) in [5.41, 5.74) is 3.81. The second-order valence-electron chi connectivity index (χ2n) is 5.83. The molecule has 0 aromatic heterocycles. The van der Waals surface area contributed by atoms with Crippen molar-refractivity contribution in [3.05, 3.63) is 57.8 Å². The second kappa shape index (κ2) is 6.71. The normalized spacial score (nSPS) is 13.6. The summed E-state index contributed by atoms with van der Waals surface area (Å²) in [5, 5.41) is 2.93. The van der Waals surface area contributed by atoms with Crippen LogP contribution >= 0.6 is 15.9 Å². The summed E-state index contributed by atoms with van der Waals surface area (Å²) in [6.45, 7) is 3.07. The molecular formula is C18H18BrFN2O. The molecule has 1 heterocycles. The van der Waals surface area contributed by atoms with Crippen LogP contribution in [0.25, 0.3) is 0 Å². The fourth-order valence-electron chi connectivity index (χ4n) is 2.89. The van der Waals surface area contributed by atoms with Gasteiger partial charge in [-0.1, -0.05) is 6.07 Å². The number of rotatable bonds is 3. The topological polar surface area (TPSA) is 32.3 Å². The molecule has 1 amide bonds. The Morgan fingerprint density at radius 2 is 2.13 bits per heavy atom. The molecule has 3 nitrogen and oxygen atoms in total. The maximum atomic E-state index is 13.3. The summed E-state index contributed by atoms with van der Waals surface area (Å²) >= 11 is 3.46. The Kier molecular flexibility index (Phi) is 4.66. The second-order valence-corrected chi connectivity index (χ2v) is 6.68. The number of halogens is 2. The highest BCUT2D eigenvalue weighted by molar-refractivity contribution is 9.10. The Bertz CT molecular complexity index is 748. The summed E-state index contributed by atoms with van der Waals surface area (Å²) in [4.78, 5) is 14.4. The van der Waals surface area contributed by atoms with Gasteiger partial charge in [0.1, 0.15) is 5.82 Å². The highest BCUT2D eigenvalue weighted by Crippen LogP contribution is 2.28. The number of fused-ring (bicyclic) bond motifs is 1. The predicted octanol–water partition coefficient (Wildman–Crippen LogP) is 4.29. The van der Waals surface area contributed by atoms with E-state index in [9.17, 15) is 9.18 Å². The van der Waals surface area contributed by atoms with Crippen molar-refractivity contribution in [3.63, 3.8) is 0 Å². The lowest BCUT2D eigenvalue weighted by Crippen LogP contribution is -2.36. The van der Waals surface area contributed by atoms with E-state index >= 15 is 0 Å². The summed E-state index contributed by atoms with van der Waals surface area (Å²) < 4.78 is 14.2. The van der Waals surface area contributed by atoms with Crippen LogP contribution in [-0.4, -0.2) is 19.0 Å². The molecule has 0 saturated heterocycles. The number of hydrogen-bond acceptors (Lipinski definition) is 2. The Labute approximate surface area is 143 Å². The molecule has 23 heavy (non-hydrogen) atoms. The monoisotopic (exact) mass is 376 g/mol. The number of amides is 1. The summed E-state index contributed by atoms with van der Waals surface area (Å²) in [7, 11) is 0. The molecule has 0 fully saturated rings. The number of carbonyl (C=O) groups is 1. The van der Waals surface area contributed by atoms with Crippen LogP contribution in [0.2, 0.25) is 0 Å². The zero-order valence-corrected chi connectivity index (χ0v) is 14.5. The molecule has 0 radical (unpaired) electrons. The molecule has 0 aliphatic carbocycles. The van der Waals surface area contributed by atoms with Crippen LogP contribution in [0.3, 0.4) is 0 Å². The van der Waals surface area contributed by atoms with Crippen LogP contribution in [0, 0.1) is 12.7 Å². The van der Waals surface area contributed by atoms with Gasteiger partial charge in [0.05, 0.1) is 12.2 Å². The lowest BCUT2D eigenvalue weighted by Gasteiger charge is -2.30. The molecule has 5 heteroatoms. The van der Waals surface area contributed by atoms with Gasteiger partial charge in [0.15, 0.2) is 0 Å². The smallest absolute Gasteiger partial charge is 0.243 e. The van der Waals surface area contributed by atoms with Crippen molar-refractivity contribution in [1.29, 1.82) is 0 Å². The van der Waals surface area contributed by atoms with Crippen molar-refractivity contribution >= 4 is 33.2 Å². The molecule has 1 aliphatic rings. The first-order valence-corrected chi connectivity index (χ1v) is 8.41. The molecule has 3 rings (SSSR count). The Morgan fingerprint density at radius 1 is 1.30 bits per heavy atom. The average Bonchev–Trinajstić information content (AvgIpc) is 2.50. The van der Waals surface area contributed by atoms with Gasteiger partial charge in [-0.15, -0.1) is 0 Å². The van der Waals surface area contributed by atoms with Gasteiger partial charge in [0.2, 0.25) is 5.91 Å². The standard InChI is InChI=1S/C18H18BrFN2O/c1-12-4-6-16(15(19)9-12)21-18(23)11-22-8-2-3-13-10-14(20)5-7-17(13)22/h4-7,9-10H,2-3,8,11H2,1H3,(H,21,23). The van der Waals surface area contributed by atoms with Crippen molar-refractivity contribution < 1.29 is 9.18 Å². The Balaban J connectivity index is 1.72. The highest BCUT2D eigenvalue weighted by Gasteiger charge is 2.19. The summed E-state index contributed by atoms with van der Waals surface area (Å²) in [5.74, 6) is -0.301. The van der Waals surface area contributed by atoms with Gasteiger partial charge in [-0.3, -0.25) is 4.79 Å². The number of nitrogens with zero attached hydrogens (tertiary/aromatic N) is 1. The van der Waals surface area contributed by atoms with E-state index in [1.807, 2.05) is 30.0 Å². The maximum absolute atomic E-state index is 13.3. The number of nitrogens with one attached hydrogen (secondary N) is 1. The van der Waals surface area contributed by atoms with Crippen molar-refractivity contribution in [3.8, 4) is 0 Å². The maximum Gasteiger partial charge on any atom is 0.243 e. The van der Waals surface area contributed by atoms with E-state index in [1.165, 1.54) is 6.07 Å². The van der Waals surface area contributed by atoms with Gasteiger partial charge in [-0.25, -0.2) is 4.39 Å². The van der Waals surface area contributed by atoms with Gasteiger partial charge in [0, 0.05) is 16.7 Å². The first kappa shape index (κ1) is 16.0. The third-order valence-electron chi connectivity index (χ3n) is 3.99. The summed E-state index contributed by atoms with van der Waals surface area (Å²) in [6, 6.07) is 10.6. The minimum absolute atomic E-state index is 0.0771. The number of benzene rings is 2. The van der Waals surface area contributed by atoms with Gasteiger partial charge in [-0.05, 0) is 77.2 Å². The van der Waals surface area contributed by atoms with Crippen molar-refractivity contribution in [2.45, 2.75) is 19.8 Å². The Hall–Kier alpha value is -1.88. The zero-order chi connectivity index (χ0) is 16.4.